The monoisotopic (exact) mass is 276 g/mol. The van der Waals surface area contributed by atoms with Crippen molar-refractivity contribution in [3.05, 3.63) is 24.3 Å². The Balaban J connectivity index is 2.10. The molecule has 5 atom stereocenters. The molecule has 3 rings (SSSR count). The number of carbonyl (C=O) groups excluding carboxylic acids is 2. The summed E-state index contributed by atoms with van der Waals surface area (Å²) in [4.78, 5) is 24.1. The summed E-state index contributed by atoms with van der Waals surface area (Å²) >= 11 is 0. The molecule has 1 heterocycles. The van der Waals surface area contributed by atoms with Gasteiger partial charge in [-0.3, -0.25) is 4.79 Å². The van der Waals surface area contributed by atoms with Crippen LogP contribution in [-0.2, 0) is 14.3 Å². The lowest BCUT2D eigenvalue weighted by Gasteiger charge is -2.34. The molecule has 3 aliphatic rings. The Bertz CT molecular complexity index is 531. The molecule has 5 unspecified atom stereocenters. The zero-order valence-electron chi connectivity index (χ0n) is 11.9. The van der Waals surface area contributed by atoms with Gasteiger partial charge in [0.2, 0.25) is 0 Å². The van der Waals surface area contributed by atoms with Gasteiger partial charge in [0, 0.05) is 23.3 Å². The van der Waals surface area contributed by atoms with Crippen LogP contribution in [0.25, 0.3) is 0 Å². The SMILES string of the molecule is C=C1CC(O)C2C(=C)C(=O)OC2C2C1CC(=O)C2(C)C. The average Bonchev–Trinajstić information content (AvgIpc) is 2.71. The zero-order valence-corrected chi connectivity index (χ0v) is 11.9. The lowest BCUT2D eigenvalue weighted by atomic mass is 9.71. The second-order valence-electron chi connectivity index (χ2n) is 6.83. The summed E-state index contributed by atoms with van der Waals surface area (Å²) in [6.07, 6.45) is -0.337. The van der Waals surface area contributed by atoms with Gasteiger partial charge < -0.3 is 9.84 Å². The topological polar surface area (TPSA) is 63.6 Å². The number of ketones is 1. The van der Waals surface area contributed by atoms with Crippen molar-refractivity contribution in [2.75, 3.05) is 0 Å². The molecular weight excluding hydrogens is 256 g/mol. The van der Waals surface area contributed by atoms with Gasteiger partial charge in [0.1, 0.15) is 11.9 Å². The summed E-state index contributed by atoms with van der Waals surface area (Å²) in [7, 11) is 0. The van der Waals surface area contributed by atoms with E-state index in [4.69, 9.17) is 4.74 Å². The van der Waals surface area contributed by atoms with Crippen molar-refractivity contribution in [2.24, 2.45) is 23.2 Å². The normalized spacial score (nSPS) is 43.0. The Morgan fingerprint density at radius 1 is 1.25 bits per heavy atom. The van der Waals surface area contributed by atoms with Gasteiger partial charge in [0.25, 0.3) is 0 Å². The molecule has 4 heteroatoms. The Hall–Kier alpha value is -1.42. The number of ether oxygens (including phenoxy) is 1. The van der Waals surface area contributed by atoms with Crippen LogP contribution in [0.1, 0.15) is 26.7 Å². The third-order valence-corrected chi connectivity index (χ3v) is 5.42. The molecule has 0 bridgehead atoms. The van der Waals surface area contributed by atoms with Gasteiger partial charge in [-0.25, -0.2) is 4.79 Å². The summed E-state index contributed by atoms with van der Waals surface area (Å²) in [5, 5.41) is 10.4. The van der Waals surface area contributed by atoms with E-state index in [1.807, 2.05) is 13.8 Å². The highest BCUT2D eigenvalue weighted by Crippen LogP contribution is 2.55. The van der Waals surface area contributed by atoms with Crippen LogP contribution >= 0.6 is 0 Å². The van der Waals surface area contributed by atoms with Crippen molar-refractivity contribution in [2.45, 2.75) is 38.9 Å². The standard InChI is InChI=1S/C16H20O4/c1-7-5-10(17)12-8(2)15(19)20-14(12)13-9(7)6-11(18)16(13,3)4/h9-10,12-14,17H,1-2,5-6H2,3-4H3. The Morgan fingerprint density at radius 3 is 2.55 bits per heavy atom. The Kier molecular flexibility index (Phi) is 2.74. The van der Waals surface area contributed by atoms with Gasteiger partial charge in [0.15, 0.2) is 0 Å². The number of Topliss-reactive ketones (excluding diaryl/α,β-unsaturated/α-hetero) is 1. The number of rotatable bonds is 0. The molecule has 3 fully saturated rings. The summed E-state index contributed by atoms with van der Waals surface area (Å²) in [5.74, 6) is -0.814. The van der Waals surface area contributed by atoms with E-state index in [9.17, 15) is 14.7 Å². The first-order chi connectivity index (χ1) is 9.25. The van der Waals surface area contributed by atoms with E-state index < -0.39 is 29.5 Å². The number of hydrogen-bond donors (Lipinski definition) is 1. The van der Waals surface area contributed by atoms with E-state index >= 15 is 0 Å². The highest BCUT2D eigenvalue weighted by Gasteiger charge is 2.60. The molecule has 0 spiro atoms. The van der Waals surface area contributed by atoms with Crippen molar-refractivity contribution in [3.63, 3.8) is 0 Å². The zero-order chi connectivity index (χ0) is 14.8. The highest BCUT2D eigenvalue weighted by molar-refractivity contribution is 5.92. The van der Waals surface area contributed by atoms with Crippen molar-refractivity contribution in [1.82, 2.24) is 0 Å². The first-order valence-electron chi connectivity index (χ1n) is 7.04. The van der Waals surface area contributed by atoms with Gasteiger partial charge in [-0.15, -0.1) is 0 Å². The molecule has 1 aliphatic heterocycles. The molecule has 2 saturated carbocycles. The molecule has 0 aromatic rings. The average molecular weight is 276 g/mol. The maximum Gasteiger partial charge on any atom is 0.334 e. The van der Waals surface area contributed by atoms with E-state index in [1.165, 1.54) is 0 Å². The van der Waals surface area contributed by atoms with Crippen molar-refractivity contribution >= 4 is 11.8 Å². The molecule has 0 radical (unpaired) electrons. The van der Waals surface area contributed by atoms with Crippen LogP contribution in [0, 0.1) is 23.2 Å². The van der Waals surface area contributed by atoms with Crippen LogP contribution in [-0.4, -0.2) is 29.1 Å². The van der Waals surface area contributed by atoms with Gasteiger partial charge in [-0.2, -0.15) is 0 Å². The second-order valence-corrected chi connectivity index (χ2v) is 6.83. The van der Waals surface area contributed by atoms with Gasteiger partial charge >= 0.3 is 5.97 Å². The number of aliphatic hydroxyl groups excluding tert-OH is 1. The molecule has 4 nitrogen and oxygen atoms in total. The molecule has 0 amide bonds. The van der Waals surface area contributed by atoms with E-state index in [0.29, 0.717) is 18.4 Å². The molecule has 108 valence electrons. The lowest BCUT2D eigenvalue weighted by molar-refractivity contribution is -0.145. The second kappa shape index (κ2) is 4.04. The van der Waals surface area contributed by atoms with Crippen LogP contribution in [0.2, 0.25) is 0 Å². The fourth-order valence-corrected chi connectivity index (χ4v) is 4.22. The maximum absolute atomic E-state index is 12.3. The molecule has 20 heavy (non-hydrogen) atoms. The number of hydrogen-bond acceptors (Lipinski definition) is 4. The Labute approximate surface area is 118 Å². The van der Waals surface area contributed by atoms with E-state index in [1.54, 1.807) is 0 Å². The molecule has 0 aromatic carbocycles. The van der Waals surface area contributed by atoms with Gasteiger partial charge in [-0.05, 0) is 12.3 Å². The fraction of sp³-hybridized carbons (Fsp3) is 0.625. The van der Waals surface area contributed by atoms with Crippen molar-refractivity contribution in [3.8, 4) is 0 Å². The van der Waals surface area contributed by atoms with E-state index in [-0.39, 0.29) is 17.6 Å². The minimum atomic E-state index is -0.706. The Morgan fingerprint density at radius 2 is 1.90 bits per heavy atom. The smallest absolute Gasteiger partial charge is 0.334 e. The minimum absolute atomic E-state index is 0.0131. The van der Waals surface area contributed by atoms with Crippen molar-refractivity contribution in [1.29, 1.82) is 0 Å². The number of esters is 1. The third-order valence-electron chi connectivity index (χ3n) is 5.42. The molecule has 0 aromatic heterocycles. The van der Waals surface area contributed by atoms with Crippen molar-refractivity contribution < 1.29 is 19.4 Å². The predicted octanol–water partition coefficient (Wildman–Crippen LogP) is 1.64. The number of fused-ring (bicyclic) bond motifs is 3. The minimum Gasteiger partial charge on any atom is -0.458 e. The first kappa shape index (κ1) is 13.6. The summed E-state index contributed by atoms with van der Waals surface area (Å²) in [6.45, 7) is 11.6. The highest BCUT2D eigenvalue weighted by atomic mass is 16.6. The maximum atomic E-state index is 12.3. The molecule has 1 N–H and O–H groups in total. The summed E-state index contributed by atoms with van der Waals surface area (Å²) in [5.41, 5.74) is 0.650. The first-order valence-corrected chi connectivity index (χ1v) is 7.04. The van der Waals surface area contributed by atoms with Crippen LogP contribution in [0.4, 0.5) is 0 Å². The van der Waals surface area contributed by atoms with Crippen LogP contribution in [0.5, 0.6) is 0 Å². The van der Waals surface area contributed by atoms with Crippen LogP contribution in [0.15, 0.2) is 24.3 Å². The largest absolute Gasteiger partial charge is 0.458 e. The summed E-state index contributed by atoms with van der Waals surface area (Å²) < 4.78 is 5.48. The molecule has 1 saturated heterocycles. The lowest BCUT2D eigenvalue weighted by Crippen LogP contribution is -2.40. The summed E-state index contributed by atoms with van der Waals surface area (Å²) in [6, 6.07) is 0. The number of aliphatic hydroxyl groups is 1. The van der Waals surface area contributed by atoms with Gasteiger partial charge in [-0.1, -0.05) is 32.6 Å². The molecular formula is C16H20O4. The third kappa shape index (κ3) is 1.57. The molecule has 2 aliphatic carbocycles. The van der Waals surface area contributed by atoms with Crippen LogP contribution < -0.4 is 0 Å². The van der Waals surface area contributed by atoms with Gasteiger partial charge in [0.05, 0.1) is 12.0 Å². The van der Waals surface area contributed by atoms with E-state index in [2.05, 4.69) is 13.2 Å². The van der Waals surface area contributed by atoms with E-state index in [0.717, 1.165) is 5.57 Å². The fourth-order valence-electron chi connectivity index (χ4n) is 4.22. The number of carbonyl (C=O) groups is 2. The quantitative estimate of drug-likeness (QED) is 0.415. The predicted molar refractivity (Wildman–Crippen MR) is 72.7 cm³/mol. The van der Waals surface area contributed by atoms with Crippen LogP contribution in [0.3, 0.4) is 0 Å².